The number of hydrogen-bond donors (Lipinski definition) is 1. The van der Waals surface area contributed by atoms with E-state index in [2.05, 4.69) is 29.7 Å². The van der Waals surface area contributed by atoms with E-state index in [-0.39, 0.29) is 43.2 Å². The molecule has 2 fully saturated rings. The van der Waals surface area contributed by atoms with Crippen LogP contribution in [0.4, 0.5) is 11.8 Å². The zero-order valence-electron chi connectivity index (χ0n) is 21.8. The number of hydrogen-bond acceptors (Lipinski definition) is 10. The fourth-order valence-electron chi connectivity index (χ4n) is 4.91. The van der Waals surface area contributed by atoms with Crippen molar-refractivity contribution < 1.29 is 9.47 Å². The van der Waals surface area contributed by atoms with Gasteiger partial charge in [-0.3, -0.25) is 4.90 Å². The summed E-state index contributed by atoms with van der Waals surface area (Å²) < 4.78 is 10.8. The molecule has 0 saturated carbocycles. The number of nitrogen functional groups attached to an aromatic ring is 1. The van der Waals surface area contributed by atoms with E-state index in [1.54, 1.807) is 20.4 Å². The molecule has 3 aromatic rings. The van der Waals surface area contributed by atoms with Gasteiger partial charge in [0, 0.05) is 44.8 Å². The van der Waals surface area contributed by atoms with Gasteiger partial charge in [0.1, 0.15) is 0 Å². The van der Waals surface area contributed by atoms with Crippen LogP contribution in [0, 0.1) is 0 Å². The third kappa shape index (κ3) is 7.18. The van der Waals surface area contributed by atoms with E-state index in [1.165, 1.54) is 32.4 Å². The lowest BCUT2D eigenvalue weighted by Gasteiger charge is -2.37. The number of likely N-dealkylation sites (tertiary alicyclic amines) is 1. The standard InChI is InChI=1S/C25H34N8O2.3ClH/c1-34-20-7-6-18(16-21(20)35-2)19-17-27-23-22(28-19)24(30-25(26)29-23)33-14-12-32(13-15-33)11-10-31-8-4-3-5-9-31;;;/h6-7,16-17H,3-5,8-15H2,1-2H3,(H2,26,27,29,30);3*1H. The number of ether oxygens (including phenoxy) is 2. The first kappa shape index (κ1) is 31.8. The molecule has 2 saturated heterocycles. The Labute approximate surface area is 242 Å². The minimum atomic E-state index is 0. The third-order valence-electron chi connectivity index (χ3n) is 6.94. The molecule has 0 spiro atoms. The first-order valence-corrected chi connectivity index (χ1v) is 12.4. The molecule has 10 nitrogen and oxygen atoms in total. The predicted molar refractivity (Wildman–Crippen MR) is 159 cm³/mol. The van der Waals surface area contributed by atoms with Crippen molar-refractivity contribution in [3.8, 4) is 22.8 Å². The third-order valence-corrected chi connectivity index (χ3v) is 6.94. The summed E-state index contributed by atoms with van der Waals surface area (Å²) in [5.41, 5.74) is 8.80. The van der Waals surface area contributed by atoms with Gasteiger partial charge >= 0.3 is 0 Å². The number of rotatable bonds is 7. The predicted octanol–water partition coefficient (Wildman–Crippen LogP) is 3.56. The van der Waals surface area contributed by atoms with Crippen LogP contribution in [0.15, 0.2) is 24.4 Å². The Hall–Kier alpha value is -2.37. The first-order chi connectivity index (χ1) is 17.1. The van der Waals surface area contributed by atoms with Crippen molar-refractivity contribution in [2.45, 2.75) is 19.3 Å². The molecule has 0 aliphatic carbocycles. The normalized spacial score (nSPS) is 16.2. The van der Waals surface area contributed by atoms with Crippen LogP contribution in [0.3, 0.4) is 0 Å². The van der Waals surface area contributed by atoms with Crippen molar-refractivity contribution in [1.29, 1.82) is 0 Å². The van der Waals surface area contributed by atoms with Gasteiger partial charge in [0.15, 0.2) is 28.5 Å². The Morgan fingerprint density at radius 3 is 2.11 bits per heavy atom. The smallest absolute Gasteiger partial charge is 0.224 e. The molecular weight excluding hydrogens is 551 g/mol. The van der Waals surface area contributed by atoms with Gasteiger partial charge in [-0.1, -0.05) is 6.42 Å². The molecule has 1 aromatic carbocycles. The molecule has 2 N–H and O–H groups in total. The second-order valence-electron chi connectivity index (χ2n) is 9.13. The maximum Gasteiger partial charge on any atom is 0.224 e. The molecule has 38 heavy (non-hydrogen) atoms. The van der Waals surface area contributed by atoms with Crippen molar-refractivity contribution in [1.82, 2.24) is 29.7 Å². The summed E-state index contributed by atoms with van der Waals surface area (Å²) in [6.07, 6.45) is 5.75. The number of fused-ring (bicyclic) bond motifs is 1. The fraction of sp³-hybridized carbons (Fsp3) is 0.520. The van der Waals surface area contributed by atoms with Crippen LogP contribution in [0.25, 0.3) is 22.4 Å². The van der Waals surface area contributed by atoms with E-state index in [0.717, 1.165) is 50.6 Å². The largest absolute Gasteiger partial charge is 0.493 e. The lowest BCUT2D eigenvalue weighted by atomic mass is 10.1. The van der Waals surface area contributed by atoms with E-state index in [0.29, 0.717) is 28.4 Å². The fourth-order valence-corrected chi connectivity index (χ4v) is 4.91. The Balaban J connectivity index is 0.00000169. The highest BCUT2D eigenvalue weighted by Crippen LogP contribution is 2.32. The minimum Gasteiger partial charge on any atom is -0.493 e. The molecule has 4 heterocycles. The zero-order valence-corrected chi connectivity index (χ0v) is 24.3. The zero-order chi connectivity index (χ0) is 24.2. The van der Waals surface area contributed by atoms with E-state index in [4.69, 9.17) is 20.2 Å². The summed E-state index contributed by atoms with van der Waals surface area (Å²) in [7, 11) is 3.24. The monoisotopic (exact) mass is 586 g/mol. The number of halogens is 3. The highest BCUT2D eigenvalue weighted by Gasteiger charge is 2.23. The lowest BCUT2D eigenvalue weighted by molar-refractivity contribution is 0.176. The summed E-state index contributed by atoms with van der Waals surface area (Å²) >= 11 is 0. The lowest BCUT2D eigenvalue weighted by Crippen LogP contribution is -2.49. The minimum absolute atomic E-state index is 0. The van der Waals surface area contributed by atoms with Gasteiger partial charge in [0.25, 0.3) is 0 Å². The number of aromatic nitrogens is 4. The van der Waals surface area contributed by atoms with Gasteiger partial charge < -0.3 is 25.0 Å². The number of benzene rings is 1. The molecule has 0 atom stereocenters. The maximum atomic E-state index is 6.04. The van der Waals surface area contributed by atoms with Gasteiger partial charge in [0.05, 0.1) is 26.1 Å². The number of nitrogens with two attached hydrogens (primary N) is 1. The number of nitrogens with zero attached hydrogens (tertiary/aromatic N) is 7. The Morgan fingerprint density at radius 2 is 1.45 bits per heavy atom. The molecule has 210 valence electrons. The summed E-state index contributed by atoms with van der Waals surface area (Å²) in [4.78, 5) is 25.8. The van der Waals surface area contributed by atoms with Gasteiger partial charge in [-0.05, 0) is 44.1 Å². The van der Waals surface area contributed by atoms with Crippen LogP contribution in [-0.4, -0.2) is 96.3 Å². The quantitative estimate of drug-likeness (QED) is 0.441. The summed E-state index contributed by atoms with van der Waals surface area (Å²) in [6.45, 7) is 8.47. The van der Waals surface area contributed by atoms with Gasteiger partial charge in [-0.2, -0.15) is 9.97 Å². The van der Waals surface area contributed by atoms with Crippen LogP contribution in [0.2, 0.25) is 0 Å². The highest BCUT2D eigenvalue weighted by atomic mass is 35.5. The summed E-state index contributed by atoms with van der Waals surface area (Å²) in [6, 6.07) is 5.70. The molecule has 0 amide bonds. The van der Waals surface area contributed by atoms with Crippen molar-refractivity contribution in [2.75, 3.05) is 77.2 Å². The van der Waals surface area contributed by atoms with Crippen molar-refractivity contribution >= 4 is 60.2 Å². The summed E-state index contributed by atoms with van der Waals surface area (Å²) in [5.74, 6) is 2.27. The van der Waals surface area contributed by atoms with Crippen LogP contribution in [0.1, 0.15) is 19.3 Å². The van der Waals surface area contributed by atoms with Crippen LogP contribution < -0.4 is 20.1 Å². The maximum absolute atomic E-state index is 6.04. The molecule has 13 heteroatoms. The Kier molecular flexibility index (Phi) is 12.3. The first-order valence-electron chi connectivity index (χ1n) is 12.4. The number of piperidine rings is 1. The number of piperazine rings is 1. The second kappa shape index (κ2) is 14.7. The molecule has 0 bridgehead atoms. The molecule has 2 aliphatic heterocycles. The van der Waals surface area contributed by atoms with Gasteiger partial charge in [-0.15, -0.1) is 37.2 Å². The molecule has 2 aromatic heterocycles. The highest BCUT2D eigenvalue weighted by molar-refractivity contribution is 5.86. The van der Waals surface area contributed by atoms with Crippen LogP contribution in [0.5, 0.6) is 11.5 Å². The average molecular weight is 588 g/mol. The Bertz CT molecular complexity index is 1170. The molecule has 2 aliphatic rings. The van der Waals surface area contributed by atoms with E-state index < -0.39 is 0 Å². The van der Waals surface area contributed by atoms with Crippen LogP contribution in [-0.2, 0) is 0 Å². The van der Waals surface area contributed by atoms with Gasteiger partial charge in [0.2, 0.25) is 5.95 Å². The summed E-state index contributed by atoms with van der Waals surface area (Å²) in [5, 5.41) is 0. The topological polar surface area (TPSA) is 106 Å². The average Bonchev–Trinajstić information content (AvgIpc) is 2.91. The van der Waals surface area contributed by atoms with Gasteiger partial charge in [-0.25, -0.2) is 9.97 Å². The molecule has 0 radical (unpaired) electrons. The van der Waals surface area contributed by atoms with E-state index >= 15 is 0 Å². The Morgan fingerprint density at radius 1 is 0.789 bits per heavy atom. The molecule has 5 rings (SSSR count). The van der Waals surface area contributed by atoms with Crippen molar-refractivity contribution in [2.24, 2.45) is 0 Å². The van der Waals surface area contributed by atoms with Crippen LogP contribution >= 0.6 is 37.2 Å². The molecule has 0 unspecified atom stereocenters. The van der Waals surface area contributed by atoms with Crippen molar-refractivity contribution in [3.05, 3.63) is 24.4 Å². The van der Waals surface area contributed by atoms with Crippen molar-refractivity contribution in [3.63, 3.8) is 0 Å². The molecular formula is C25H37Cl3N8O2. The van der Waals surface area contributed by atoms with E-state index in [9.17, 15) is 0 Å². The number of anilines is 2. The number of methoxy groups -OCH3 is 2. The van der Waals surface area contributed by atoms with E-state index in [1.807, 2.05) is 18.2 Å². The second-order valence-corrected chi connectivity index (χ2v) is 9.13. The SMILES string of the molecule is COc1ccc(-c2cnc3nc(N)nc(N4CCN(CCN5CCCCC5)CC4)c3n2)cc1OC.Cl.Cl.Cl.